The van der Waals surface area contributed by atoms with Crippen LogP contribution in [0.25, 0.3) is 10.8 Å². The Kier molecular flexibility index (Phi) is 7.34. The number of carbonyl (C=O) groups excluding carboxylic acids is 3. The quantitative estimate of drug-likeness (QED) is 0.292. The predicted octanol–water partition coefficient (Wildman–Crippen LogP) is 3.07. The lowest BCUT2D eigenvalue weighted by atomic mass is 9.87. The van der Waals surface area contributed by atoms with Gasteiger partial charge in [-0.25, -0.2) is 0 Å². The fourth-order valence-corrected chi connectivity index (χ4v) is 3.60. The van der Waals surface area contributed by atoms with Crippen molar-refractivity contribution in [2.75, 3.05) is 6.61 Å². The van der Waals surface area contributed by atoms with E-state index < -0.39 is 34.7 Å². The molecule has 33 heavy (non-hydrogen) atoms. The number of amides is 2. The third-order valence-corrected chi connectivity index (χ3v) is 5.23. The maximum Gasteiger partial charge on any atom is 0.306 e. The first-order chi connectivity index (χ1) is 15.8. The molecular weight excluding hydrogens is 426 g/mol. The summed E-state index contributed by atoms with van der Waals surface area (Å²) in [5.74, 6) is -2.86. The first kappa shape index (κ1) is 23.4. The second-order valence-electron chi connectivity index (χ2n) is 7.38. The number of hydrogen-bond donors (Lipinski definition) is 2. The van der Waals surface area contributed by atoms with Crippen molar-refractivity contribution in [1.82, 2.24) is 5.32 Å². The van der Waals surface area contributed by atoms with E-state index in [1.54, 1.807) is 25.1 Å². The van der Waals surface area contributed by atoms with Crippen LogP contribution in [0.5, 0.6) is 0 Å². The molecule has 0 bridgehead atoms. The highest BCUT2D eigenvalue weighted by Gasteiger charge is 2.32. The van der Waals surface area contributed by atoms with Crippen LogP contribution in [-0.4, -0.2) is 35.4 Å². The van der Waals surface area contributed by atoms with Gasteiger partial charge in [-0.3, -0.25) is 24.5 Å². The molecule has 0 fully saturated rings. The van der Waals surface area contributed by atoms with E-state index in [-0.39, 0.29) is 18.7 Å². The van der Waals surface area contributed by atoms with Crippen LogP contribution in [0.3, 0.4) is 0 Å². The number of non-ortho nitro benzene ring substituents is 1. The number of rotatable bonds is 9. The molecule has 2 amide bonds. The van der Waals surface area contributed by atoms with Gasteiger partial charge in [0.05, 0.1) is 18.0 Å². The zero-order valence-corrected chi connectivity index (χ0v) is 17.9. The number of nitro groups is 1. The average molecular weight is 449 g/mol. The van der Waals surface area contributed by atoms with Crippen LogP contribution < -0.4 is 11.1 Å². The molecule has 0 aliphatic carbocycles. The van der Waals surface area contributed by atoms with Crippen LogP contribution in [0.2, 0.25) is 0 Å². The largest absolute Gasteiger partial charge is 0.466 e. The van der Waals surface area contributed by atoms with Crippen molar-refractivity contribution in [2.24, 2.45) is 5.73 Å². The number of nitrogens with zero attached hydrogens (tertiary/aromatic N) is 1. The lowest BCUT2D eigenvalue weighted by molar-refractivity contribution is -0.384. The van der Waals surface area contributed by atoms with E-state index in [4.69, 9.17) is 10.5 Å². The number of nitro benzene ring substituents is 1. The molecule has 0 radical (unpaired) electrons. The number of hydrogen-bond acceptors (Lipinski definition) is 6. The van der Waals surface area contributed by atoms with E-state index in [1.165, 1.54) is 24.3 Å². The minimum absolute atomic E-state index is 0.135. The zero-order valence-electron chi connectivity index (χ0n) is 17.9. The number of nitrogens with one attached hydrogen (secondary N) is 1. The number of benzene rings is 3. The molecule has 2 atom stereocenters. The predicted molar refractivity (Wildman–Crippen MR) is 121 cm³/mol. The maximum absolute atomic E-state index is 13.0. The highest BCUT2D eigenvalue weighted by Crippen LogP contribution is 2.27. The van der Waals surface area contributed by atoms with Crippen molar-refractivity contribution in [2.45, 2.75) is 25.3 Å². The van der Waals surface area contributed by atoms with Gasteiger partial charge >= 0.3 is 5.97 Å². The Morgan fingerprint density at radius 3 is 2.30 bits per heavy atom. The molecule has 0 aromatic heterocycles. The summed E-state index contributed by atoms with van der Waals surface area (Å²) in [5.41, 5.74) is 6.20. The molecule has 0 aliphatic heterocycles. The van der Waals surface area contributed by atoms with Crippen LogP contribution >= 0.6 is 0 Å². The van der Waals surface area contributed by atoms with Gasteiger partial charge in [-0.15, -0.1) is 0 Å². The van der Waals surface area contributed by atoms with Gasteiger partial charge in [-0.1, -0.05) is 42.5 Å². The Labute approximate surface area is 189 Å². The molecule has 3 rings (SSSR count). The Balaban J connectivity index is 1.92. The van der Waals surface area contributed by atoms with Crippen LogP contribution in [0, 0.1) is 10.1 Å². The minimum atomic E-state index is -1.25. The topological polar surface area (TPSA) is 142 Å². The van der Waals surface area contributed by atoms with Crippen LogP contribution in [-0.2, 0) is 14.3 Å². The second kappa shape index (κ2) is 10.4. The molecule has 0 unspecified atom stereocenters. The molecule has 0 heterocycles. The summed E-state index contributed by atoms with van der Waals surface area (Å²) in [5, 5.41) is 15.4. The molecule has 3 N–H and O–H groups in total. The van der Waals surface area contributed by atoms with Crippen molar-refractivity contribution in [1.29, 1.82) is 0 Å². The maximum atomic E-state index is 13.0. The lowest BCUT2D eigenvalue weighted by Gasteiger charge is -2.25. The molecule has 9 nitrogen and oxygen atoms in total. The van der Waals surface area contributed by atoms with Gasteiger partial charge in [-0.2, -0.15) is 0 Å². The number of esters is 1. The van der Waals surface area contributed by atoms with Gasteiger partial charge in [0.25, 0.3) is 11.6 Å². The molecule has 3 aromatic carbocycles. The molecule has 9 heteroatoms. The highest BCUT2D eigenvalue weighted by atomic mass is 16.6. The van der Waals surface area contributed by atoms with Crippen LogP contribution in [0.4, 0.5) is 5.69 Å². The molecule has 0 saturated carbocycles. The third-order valence-electron chi connectivity index (χ3n) is 5.23. The lowest BCUT2D eigenvalue weighted by Crippen LogP contribution is -2.48. The van der Waals surface area contributed by atoms with Gasteiger partial charge in [-0.05, 0) is 35.4 Å². The molecule has 0 saturated heterocycles. The van der Waals surface area contributed by atoms with Crippen LogP contribution in [0.1, 0.15) is 35.2 Å². The fourth-order valence-electron chi connectivity index (χ4n) is 3.60. The Morgan fingerprint density at radius 1 is 1.03 bits per heavy atom. The number of fused-ring (bicyclic) bond motifs is 1. The van der Waals surface area contributed by atoms with E-state index in [0.717, 1.165) is 10.8 Å². The SMILES string of the molecule is CCOC(=O)C[C@H](c1ccc([N+](=O)[O-])cc1)[C@H](NC(=O)c1ccc2ccccc2c1)C(N)=O. The monoisotopic (exact) mass is 449 g/mol. The highest BCUT2D eigenvalue weighted by molar-refractivity contribution is 6.00. The summed E-state index contributed by atoms with van der Waals surface area (Å²) in [6.45, 7) is 1.78. The fraction of sp³-hybridized carbons (Fsp3) is 0.208. The Morgan fingerprint density at radius 2 is 1.70 bits per heavy atom. The third kappa shape index (κ3) is 5.70. The number of carbonyl (C=O) groups is 3. The summed E-state index contributed by atoms with van der Waals surface area (Å²) < 4.78 is 5.01. The molecule has 3 aromatic rings. The Bertz CT molecular complexity index is 1190. The summed E-state index contributed by atoms with van der Waals surface area (Å²) in [6, 6.07) is 16.7. The average Bonchev–Trinajstić information content (AvgIpc) is 2.81. The van der Waals surface area contributed by atoms with Gasteiger partial charge in [0.1, 0.15) is 6.04 Å². The minimum Gasteiger partial charge on any atom is -0.466 e. The summed E-state index contributed by atoms with van der Waals surface area (Å²) in [4.78, 5) is 48.0. The standard InChI is InChI=1S/C24H23N3O6/c1-2-33-21(28)14-20(16-9-11-19(12-10-16)27(31)32)22(23(25)29)26-24(30)18-8-7-15-5-3-4-6-17(15)13-18/h3-13,20,22H,2,14H2,1H3,(H2,25,29)(H,26,30)/t20-,22+/m1/s1. The first-order valence-corrected chi connectivity index (χ1v) is 10.3. The second-order valence-corrected chi connectivity index (χ2v) is 7.38. The first-order valence-electron chi connectivity index (χ1n) is 10.3. The number of nitrogens with two attached hydrogens (primary N) is 1. The van der Waals surface area contributed by atoms with Crippen molar-refractivity contribution in [3.05, 3.63) is 88.0 Å². The van der Waals surface area contributed by atoms with Crippen molar-refractivity contribution in [3.63, 3.8) is 0 Å². The van der Waals surface area contributed by atoms with E-state index in [0.29, 0.717) is 11.1 Å². The van der Waals surface area contributed by atoms with Crippen molar-refractivity contribution >= 4 is 34.2 Å². The van der Waals surface area contributed by atoms with Crippen molar-refractivity contribution < 1.29 is 24.0 Å². The zero-order chi connectivity index (χ0) is 24.0. The summed E-state index contributed by atoms with van der Waals surface area (Å²) >= 11 is 0. The van der Waals surface area contributed by atoms with E-state index >= 15 is 0 Å². The van der Waals surface area contributed by atoms with Gasteiger partial charge < -0.3 is 15.8 Å². The van der Waals surface area contributed by atoms with E-state index in [1.807, 2.05) is 24.3 Å². The summed E-state index contributed by atoms with van der Waals surface area (Å²) in [7, 11) is 0. The normalized spacial score (nSPS) is 12.5. The number of ether oxygens (including phenoxy) is 1. The smallest absolute Gasteiger partial charge is 0.306 e. The number of primary amides is 1. The summed E-state index contributed by atoms with van der Waals surface area (Å²) in [6.07, 6.45) is -0.253. The molecular formula is C24H23N3O6. The van der Waals surface area contributed by atoms with Crippen LogP contribution in [0.15, 0.2) is 66.7 Å². The van der Waals surface area contributed by atoms with Gasteiger partial charge in [0.15, 0.2) is 0 Å². The van der Waals surface area contributed by atoms with Crippen molar-refractivity contribution in [3.8, 4) is 0 Å². The molecule has 0 aliphatic rings. The van der Waals surface area contributed by atoms with E-state index in [2.05, 4.69) is 5.32 Å². The molecule has 170 valence electrons. The van der Waals surface area contributed by atoms with Gasteiger partial charge in [0, 0.05) is 23.6 Å². The Hall–Kier alpha value is -4.27. The molecule has 0 spiro atoms. The van der Waals surface area contributed by atoms with Gasteiger partial charge in [0.2, 0.25) is 5.91 Å². The van der Waals surface area contributed by atoms with E-state index in [9.17, 15) is 24.5 Å².